The average Bonchev–Trinajstić information content (AvgIpc) is 3.05. The summed E-state index contributed by atoms with van der Waals surface area (Å²) in [5.74, 6) is 0.492. The van der Waals surface area contributed by atoms with Crippen molar-refractivity contribution < 1.29 is 0 Å². The Kier molecular flexibility index (Phi) is 4.38. The molecule has 2 aliphatic carbocycles. The van der Waals surface area contributed by atoms with Crippen LogP contribution in [0, 0.1) is 0 Å². The van der Waals surface area contributed by atoms with E-state index in [1.807, 2.05) is 0 Å². The summed E-state index contributed by atoms with van der Waals surface area (Å²) < 4.78 is 0. The van der Waals surface area contributed by atoms with Crippen molar-refractivity contribution in [3.05, 3.63) is 143 Å². The second-order valence-corrected chi connectivity index (χ2v) is 12.0. The third kappa shape index (κ3) is 3.02. The molecular formula is C42H26. The second-order valence-electron chi connectivity index (χ2n) is 12.0. The first-order valence-corrected chi connectivity index (χ1v) is 15.0. The fraction of sp³-hybridized carbons (Fsp3) is 0.0476. The van der Waals surface area contributed by atoms with Gasteiger partial charge in [0, 0.05) is 5.92 Å². The van der Waals surface area contributed by atoms with E-state index in [0.29, 0.717) is 5.92 Å². The van der Waals surface area contributed by atoms with Gasteiger partial charge in [-0.1, -0.05) is 127 Å². The monoisotopic (exact) mass is 530 g/mol. The summed E-state index contributed by atoms with van der Waals surface area (Å²) in [6, 6.07) is 43.5. The predicted octanol–water partition coefficient (Wildman–Crippen LogP) is 9.84. The van der Waals surface area contributed by atoms with Gasteiger partial charge in [-0.15, -0.1) is 0 Å². The normalized spacial score (nSPS) is 15.6. The van der Waals surface area contributed by atoms with Gasteiger partial charge in [0.25, 0.3) is 0 Å². The Labute approximate surface area is 243 Å². The summed E-state index contributed by atoms with van der Waals surface area (Å²) in [4.78, 5) is 0. The van der Waals surface area contributed by atoms with E-state index in [2.05, 4.69) is 140 Å². The molecule has 0 bridgehead atoms. The van der Waals surface area contributed by atoms with Crippen molar-refractivity contribution in [2.24, 2.45) is 0 Å². The SMILES string of the molecule is C1=CC2CC=c3c(-c4ccc5cc(-c6ccc7ccc8cccc9ccc6c7c89)ccc5c4)ccc4ccc(c2c34)=C1. The van der Waals surface area contributed by atoms with E-state index >= 15 is 0 Å². The molecule has 0 amide bonds. The molecule has 0 heteroatoms. The molecule has 0 N–H and O–H groups in total. The molecule has 0 saturated carbocycles. The van der Waals surface area contributed by atoms with Crippen LogP contribution in [-0.4, -0.2) is 0 Å². The lowest BCUT2D eigenvalue weighted by Crippen LogP contribution is -2.23. The standard InChI is InChI=1S/C42H26/c1-3-25-7-9-29-15-19-35(37-21-17-27(5-1)39(25)41(29)37)33-13-11-32-24-34(14-12-31(32)23-33)36-20-16-30-10-8-26-4-2-6-28-18-22-38(36)42(30)40(26)28/h1-17,19-24,28H,18H2. The molecule has 0 saturated heterocycles. The summed E-state index contributed by atoms with van der Waals surface area (Å²) in [5, 5.41) is 16.1. The first-order valence-electron chi connectivity index (χ1n) is 15.0. The maximum atomic E-state index is 2.47. The van der Waals surface area contributed by atoms with E-state index in [-0.39, 0.29) is 0 Å². The zero-order chi connectivity index (χ0) is 27.4. The molecule has 0 spiro atoms. The zero-order valence-corrected chi connectivity index (χ0v) is 23.1. The van der Waals surface area contributed by atoms with E-state index < -0.39 is 0 Å². The number of allylic oxidation sites excluding steroid dienone is 2. The number of benzene rings is 8. The molecule has 0 heterocycles. The van der Waals surface area contributed by atoms with Crippen LogP contribution < -0.4 is 10.4 Å². The number of hydrogen-bond donors (Lipinski definition) is 0. The topological polar surface area (TPSA) is 0 Å². The van der Waals surface area contributed by atoms with Gasteiger partial charge >= 0.3 is 0 Å². The van der Waals surface area contributed by atoms with Gasteiger partial charge in [0.2, 0.25) is 0 Å². The van der Waals surface area contributed by atoms with Crippen molar-refractivity contribution >= 4 is 66.0 Å². The van der Waals surface area contributed by atoms with Crippen molar-refractivity contribution in [3.8, 4) is 22.3 Å². The smallest absolute Gasteiger partial charge is 0.00682 e. The van der Waals surface area contributed by atoms with Crippen LogP contribution in [-0.2, 0) is 0 Å². The molecule has 0 aliphatic heterocycles. The van der Waals surface area contributed by atoms with Crippen LogP contribution in [0.15, 0.2) is 127 Å². The van der Waals surface area contributed by atoms with Crippen molar-refractivity contribution in [2.45, 2.75) is 12.3 Å². The minimum atomic E-state index is 0.492. The van der Waals surface area contributed by atoms with E-state index in [9.17, 15) is 0 Å². The van der Waals surface area contributed by atoms with Crippen LogP contribution >= 0.6 is 0 Å². The van der Waals surface area contributed by atoms with Crippen LogP contribution in [0.5, 0.6) is 0 Å². The van der Waals surface area contributed by atoms with Crippen molar-refractivity contribution in [1.29, 1.82) is 0 Å². The van der Waals surface area contributed by atoms with Gasteiger partial charge in [0.05, 0.1) is 0 Å². The third-order valence-corrected chi connectivity index (χ3v) is 9.86. The van der Waals surface area contributed by atoms with Gasteiger partial charge < -0.3 is 0 Å². The molecule has 0 nitrogen and oxygen atoms in total. The lowest BCUT2D eigenvalue weighted by Gasteiger charge is -2.23. The van der Waals surface area contributed by atoms with Gasteiger partial charge in [-0.05, 0) is 111 Å². The Morgan fingerprint density at radius 3 is 1.93 bits per heavy atom. The first kappa shape index (κ1) is 22.5. The van der Waals surface area contributed by atoms with Gasteiger partial charge in [0.1, 0.15) is 0 Å². The van der Waals surface area contributed by atoms with Gasteiger partial charge in [0.15, 0.2) is 0 Å². The molecule has 2 aliphatic rings. The Hall–Kier alpha value is -5.20. The van der Waals surface area contributed by atoms with Crippen LogP contribution in [0.1, 0.15) is 17.9 Å². The maximum absolute atomic E-state index is 2.47. The van der Waals surface area contributed by atoms with E-state index in [1.54, 1.807) is 0 Å². The minimum Gasteiger partial charge on any atom is -0.0766 e. The van der Waals surface area contributed by atoms with E-state index in [0.717, 1.165) is 6.42 Å². The van der Waals surface area contributed by atoms with Crippen LogP contribution in [0.2, 0.25) is 0 Å². The zero-order valence-electron chi connectivity index (χ0n) is 23.1. The molecule has 1 unspecified atom stereocenters. The molecular weight excluding hydrogens is 504 g/mol. The fourth-order valence-corrected chi connectivity index (χ4v) is 7.90. The second kappa shape index (κ2) is 8.18. The van der Waals surface area contributed by atoms with Crippen LogP contribution in [0.4, 0.5) is 0 Å². The van der Waals surface area contributed by atoms with E-state index in [4.69, 9.17) is 0 Å². The molecule has 8 aromatic rings. The summed E-state index contributed by atoms with van der Waals surface area (Å²) in [7, 11) is 0. The fourth-order valence-electron chi connectivity index (χ4n) is 7.90. The van der Waals surface area contributed by atoms with Gasteiger partial charge in [-0.25, -0.2) is 0 Å². The molecule has 0 radical (unpaired) electrons. The molecule has 42 heavy (non-hydrogen) atoms. The predicted molar refractivity (Wildman–Crippen MR) is 181 cm³/mol. The van der Waals surface area contributed by atoms with Crippen LogP contribution in [0.3, 0.4) is 0 Å². The average molecular weight is 531 g/mol. The van der Waals surface area contributed by atoms with Crippen molar-refractivity contribution in [3.63, 3.8) is 0 Å². The molecule has 194 valence electrons. The highest BCUT2D eigenvalue weighted by Crippen LogP contribution is 2.40. The Morgan fingerprint density at radius 2 is 1.12 bits per heavy atom. The van der Waals surface area contributed by atoms with E-state index in [1.165, 1.54) is 92.1 Å². The Morgan fingerprint density at radius 1 is 0.500 bits per heavy atom. The summed E-state index contributed by atoms with van der Waals surface area (Å²) >= 11 is 0. The maximum Gasteiger partial charge on any atom is 0.00682 e. The summed E-state index contributed by atoms with van der Waals surface area (Å²) in [6.07, 6.45) is 10.4. The summed E-state index contributed by atoms with van der Waals surface area (Å²) in [6.45, 7) is 0. The molecule has 1 atom stereocenters. The van der Waals surface area contributed by atoms with Crippen molar-refractivity contribution in [2.75, 3.05) is 0 Å². The van der Waals surface area contributed by atoms with Crippen LogP contribution in [0.25, 0.3) is 88.3 Å². The highest BCUT2D eigenvalue weighted by molar-refractivity contribution is 6.25. The first-order chi connectivity index (χ1) is 20.8. The quantitative estimate of drug-likeness (QED) is 0.195. The number of hydrogen-bond acceptors (Lipinski definition) is 0. The highest BCUT2D eigenvalue weighted by Gasteiger charge is 2.20. The lowest BCUT2D eigenvalue weighted by molar-refractivity contribution is 0.878. The molecule has 8 aromatic carbocycles. The molecule has 10 rings (SSSR count). The Balaban J connectivity index is 1.14. The molecule has 0 fully saturated rings. The van der Waals surface area contributed by atoms with Crippen molar-refractivity contribution in [1.82, 2.24) is 0 Å². The van der Waals surface area contributed by atoms with Gasteiger partial charge in [-0.2, -0.15) is 0 Å². The third-order valence-electron chi connectivity index (χ3n) is 9.86. The van der Waals surface area contributed by atoms with Gasteiger partial charge in [-0.3, -0.25) is 0 Å². The molecule has 0 aromatic heterocycles. The highest BCUT2D eigenvalue weighted by atomic mass is 14.2. The number of rotatable bonds is 2. The Bertz CT molecular complexity index is 2580. The minimum absolute atomic E-state index is 0.492. The number of fused-ring (bicyclic) bond motifs is 1. The lowest BCUT2D eigenvalue weighted by atomic mass is 9.80. The summed E-state index contributed by atoms with van der Waals surface area (Å²) in [5.41, 5.74) is 6.70. The largest absolute Gasteiger partial charge is 0.0766 e.